The molecule has 0 atom stereocenters. The third-order valence-corrected chi connectivity index (χ3v) is 3.51. The van der Waals surface area contributed by atoms with Gasteiger partial charge in [-0.15, -0.1) is 34.2 Å². The number of halogens is 1. The Labute approximate surface area is 169 Å². The zero-order valence-corrected chi connectivity index (χ0v) is 16.7. The van der Waals surface area contributed by atoms with Crippen LogP contribution in [0.3, 0.4) is 0 Å². The molecule has 7 nitrogen and oxygen atoms in total. The number of ether oxygens (including phenoxy) is 1. The third-order valence-electron chi connectivity index (χ3n) is 3.51. The molecule has 0 aliphatic carbocycles. The number of nitrogens with one attached hydrogen (secondary N) is 1. The molecule has 0 radical (unpaired) electrons. The fourth-order valence-corrected chi connectivity index (χ4v) is 2.27. The number of nitrogens with two attached hydrogens (primary N) is 1. The van der Waals surface area contributed by atoms with Crippen molar-refractivity contribution < 1.29 is 4.74 Å². The fourth-order valence-electron chi connectivity index (χ4n) is 2.27. The van der Waals surface area contributed by atoms with Crippen LogP contribution in [0.4, 0.5) is 5.69 Å². The molecular weight excluding hydrogens is 443 g/mol. The van der Waals surface area contributed by atoms with Crippen LogP contribution in [0.5, 0.6) is 11.5 Å². The maximum atomic E-state index is 5.96. The van der Waals surface area contributed by atoms with E-state index < -0.39 is 0 Å². The Morgan fingerprint density at radius 2 is 1.92 bits per heavy atom. The summed E-state index contributed by atoms with van der Waals surface area (Å²) in [6.07, 6.45) is 1.68. The number of hydrogen-bond donors (Lipinski definition) is 2. The van der Waals surface area contributed by atoms with Gasteiger partial charge in [-0.3, -0.25) is 0 Å². The van der Waals surface area contributed by atoms with E-state index in [-0.39, 0.29) is 24.0 Å². The highest BCUT2D eigenvalue weighted by Gasteiger charge is 2.03. The summed E-state index contributed by atoms with van der Waals surface area (Å²) >= 11 is 0. The molecule has 1 aromatic heterocycles. The molecule has 3 N–H and O–H groups in total. The van der Waals surface area contributed by atoms with Gasteiger partial charge in [0, 0.05) is 18.3 Å². The zero-order valence-electron chi connectivity index (χ0n) is 14.4. The molecule has 3 aromatic rings. The summed E-state index contributed by atoms with van der Waals surface area (Å²) in [6, 6.07) is 17.1. The van der Waals surface area contributed by atoms with Gasteiger partial charge in [0.05, 0.1) is 0 Å². The minimum Gasteiger partial charge on any atom is -0.457 e. The molecule has 0 bridgehead atoms. The zero-order chi connectivity index (χ0) is 17.5. The summed E-state index contributed by atoms with van der Waals surface area (Å²) in [6.45, 7) is 3.19. The molecule has 136 valence electrons. The lowest BCUT2D eigenvalue weighted by Gasteiger charge is -2.09. The van der Waals surface area contributed by atoms with Crippen LogP contribution < -0.4 is 15.8 Å². The van der Waals surface area contributed by atoms with Crippen molar-refractivity contribution in [1.82, 2.24) is 14.8 Å². The minimum atomic E-state index is 0. The molecule has 0 saturated carbocycles. The number of benzene rings is 2. The Bertz CT molecular complexity index is 850. The molecule has 2 aromatic carbocycles. The van der Waals surface area contributed by atoms with Gasteiger partial charge in [-0.05, 0) is 31.2 Å². The van der Waals surface area contributed by atoms with Gasteiger partial charge >= 0.3 is 0 Å². The Kier molecular flexibility index (Phi) is 7.39. The van der Waals surface area contributed by atoms with Crippen molar-refractivity contribution in [3.05, 3.63) is 66.7 Å². The predicted molar refractivity (Wildman–Crippen MR) is 113 cm³/mol. The molecule has 0 amide bonds. The molecular formula is C18H21IN6O. The summed E-state index contributed by atoms with van der Waals surface area (Å²) < 4.78 is 7.73. The highest BCUT2D eigenvalue weighted by Crippen LogP contribution is 2.23. The molecule has 3 rings (SSSR count). The molecule has 0 unspecified atom stereocenters. The lowest BCUT2D eigenvalue weighted by atomic mass is 10.3. The van der Waals surface area contributed by atoms with Gasteiger partial charge in [-0.25, -0.2) is 4.99 Å². The predicted octanol–water partition coefficient (Wildman–Crippen LogP) is 3.64. The van der Waals surface area contributed by atoms with E-state index in [4.69, 9.17) is 10.5 Å². The molecule has 0 spiro atoms. The van der Waals surface area contributed by atoms with Gasteiger partial charge in [-0.1, -0.05) is 24.3 Å². The number of aromatic nitrogens is 3. The monoisotopic (exact) mass is 464 g/mol. The summed E-state index contributed by atoms with van der Waals surface area (Å²) in [4.78, 5) is 4.30. The number of nitrogens with zero attached hydrogens (tertiary/aromatic N) is 4. The van der Waals surface area contributed by atoms with E-state index in [1.165, 1.54) is 0 Å². The second-order valence-electron chi connectivity index (χ2n) is 5.30. The van der Waals surface area contributed by atoms with E-state index in [0.29, 0.717) is 12.5 Å². The SMILES string of the molecule is CCn1cnnc1CN=C(N)Nc1cccc(Oc2ccccc2)c1.I. The van der Waals surface area contributed by atoms with Crippen LogP contribution >= 0.6 is 24.0 Å². The highest BCUT2D eigenvalue weighted by atomic mass is 127. The largest absolute Gasteiger partial charge is 0.457 e. The summed E-state index contributed by atoms with van der Waals surface area (Å²) in [5.74, 6) is 2.57. The average Bonchev–Trinajstić information content (AvgIpc) is 3.09. The third kappa shape index (κ3) is 5.45. The van der Waals surface area contributed by atoms with E-state index in [1.54, 1.807) is 6.33 Å². The van der Waals surface area contributed by atoms with Crippen molar-refractivity contribution in [2.24, 2.45) is 10.7 Å². The van der Waals surface area contributed by atoms with E-state index in [2.05, 4.69) is 20.5 Å². The van der Waals surface area contributed by atoms with Crippen molar-refractivity contribution in [3.8, 4) is 11.5 Å². The summed E-state index contributed by atoms with van der Waals surface area (Å²) in [5, 5.41) is 11.0. The quantitative estimate of drug-likeness (QED) is 0.330. The van der Waals surface area contributed by atoms with Gasteiger partial charge in [-0.2, -0.15) is 0 Å². The van der Waals surface area contributed by atoms with Crippen LogP contribution in [0.15, 0.2) is 65.9 Å². The van der Waals surface area contributed by atoms with Gasteiger partial charge in [0.15, 0.2) is 11.8 Å². The van der Waals surface area contributed by atoms with Crippen molar-refractivity contribution >= 4 is 35.6 Å². The van der Waals surface area contributed by atoms with Gasteiger partial charge < -0.3 is 20.4 Å². The first-order valence-electron chi connectivity index (χ1n) is 8.01. The molecule has 1 heterocycles. The van der Waals surface area contributed by atoms with Crippen molar-refractivity contribution in [1.29, 1.82) is 0 Å². The lowest BCUT2D eigenvalue weighted by molar-refractivity contribution is 0.483. The first-order valence-corrected chi connectivity index (χ1v) is 8.01. The van der Waals surface area contributed by atoms with Crippen LogP contribution in [0.2, 0.25) is 0 Å². The number of aryl methyl sites for hydroxylation is 1. The standard InChI is InChI=1S/C18H20N6O.HI/c1-2-24-13-21-23-17(24)12-20-18(19)22-14-7-6-10-16(11-14)25-15-8-4-3-5-9-15;/h3-11,13H,2,12H2,1H3,(H3,19,20,22);1H. The molecule has 0 fully saturated rings. The first kappa shape index (κ1) is 19.7. The Morgan fingerprint density at radius 3 is 2.69 bits per heavy atom. The summed E-state index contributed by atoms with van der Waals surface area (Å²) in [7, 11) is 0. The maximum Gasteiger partial charge on any atom is 0.193 e. The number of guanidine groups is 1. The lowest BCUT2D eigenvalue weighted by Crippen LogP contribution is -2.22. The van der Waals surface area contributed by atoms with Crippen LogP contribution in [0, 0.1) is 0 Å². The van der Waals surface area contributed by atoms with Crippen LogP contribution in [0.1, 0.15) is 12.7 Å². The number of para-hydroxylation sites is 1. The van der Waals surface area contributed by atoms with Gasteiger partial charge in [0.1, 0.15) is 24.4 Å². The topological polar surface area (TPSA) is 90.4 Å². The number of aliphatic imine (C=N–C) groups is 1. The van der Waals surface area contributed by atoms with E-state index >= 15 is 0 Å². The number of rotatable bonds is 6. The Balaban J connectivity index is 0.00000243. The average molecular weight is 464 g/mol. The number of hydrogen-bond acceptors (Lipinski definition) is 4. The molecule has 0 aliphatic heterocycles. The molecule has 0 saturated heterocycles. The normalized spacial score (nSPS) is 10.9. The van der Waals surface area contributed by atoms with E-state index in [0.717, 1.165) is 29.6 Å². The first-order chi connectivity index (χ1) is 12.2. The van der Waals surface area contributed by atoms with Crippen LogP contribution in [0.25, 0.3) is 0 Å². The van der Waals surface area contributed by atoms with Crippen molar-refractivity contribution in [2.75, 3.05) is 5.32 Å². The number of anilines is 1. The van der Waals surface area contributed by atoms with Crippen molar-refractivity contribution in [3.63, 3.8) is 0 Å². The molecule has 0 aliphatic rings. The Morgan fingerprint density at radius 1 is 1.15 bits per heavy atom. The maximum absolute atomic E-state index is 5.96. The second-order valence-corrected chi connectivity index (χ2v) is 5.30. The molecule has 26 heavy (non-hydrogen) atoms. The van der Waals surface area contributed by atoms with Gasteiger partial charge in [0.25, 0.3) is 0 Å². The van der Waals surface area contributed by atoms with Crippen LogP contribution in [-0.4, -0.2) is 20.7 Å². The molecule has 8 heteroatoms. The van der Waals surface area contributed by atoms with Crippen molar-refractivity contribution in [2.45, 2.75) is 20.0 Å². The van der Waals surface area contributed by atoms with Crippen LogP contribution in [-0.2, 0) is 13.1 Å². The summed E-state index contributed by atoms with van der Waals surface area (Å²) in [5.41, 5.74) is 6.75. The van der Waals surface area contributed by atoms with Gasteiger partial charge in [0.2, 0.25) is 0 Å². The second kappa shape index (κ2) is 9.76. The highest BCUT2D eigenvalue weighted by molar-refractivity contribution is 14.0. The van der Waals surface area contributed by atoms with E-state index in [1.807, 2.05) is 66.1 Å². The Hall–Kier alpha value is -2.62. The fraction of sp³-hybridized carbons (Fsp3) is 0.167. The van der Waals surface area contributed by atoms with E-state index in [9.17, 15) is 0 Å². The minimum absolute atomic E-state index is 0. The smallest absolute Gasteiger partial charge is 0.193 e.